The third-order valence-corrected chi connectivity index (χ3v) is 3.71. The van der Waals surface area contributed by atoms with Crippen molar-refractivity contribution in [2.75, 3.05) is 6.54 Å². The summed E-state index contributed by atoms with van der Waals surface area (Å²) in [5.41, 5.74) is 1.62. The topological polar surface area (TPSA) is 57.6 Å². The zero-order valence-corrected chi connectivity index (χ0v) is 10.0. The normalized spacial score (nSPS) is 22.8. The SMILES string of the molecule is O=C(O)[C@@H]1c2ccccc2CC(=O)N1CC1CC1. The lowest BCUT2D eigenvalue weighted by atomic mass is 9.92. The minimum Gasteiger partial charge on any atom is -0.479 e. The summed E-state index contributed by atoms with van der Waals surface area (Å²) in [4.78, 5) is 25.1. The van der Waals surface area contributed by atoms with E-state index in [1.165, 1.54) is 0 Å². The Hall–Kier alpha value is -1.84. The van der Waals surface area contributed by atoms with Crippen LogP contribution in [0.25, 0.3) is 0 Å². The molecule has 0 radical (unpaired) electrons. The smallest absolute Gasteiger partial charge is 0.331 e. The van der Waals surface area contributed by atoms with E-state index in [0.717, 1.165) is 24.0 Å². The van der Waals surface area contributed by atoms with Gasteiger partial charge in [0.05, 0.1) is 6.42 Å². The zero-order chi connectivity index (χ0) is 12.7. The summed E-state index contributed by atoms with van der Waals surface area (Å²) in [6.07, 6.45) is 2.54. The minimum absolute atomic E-state index is 0.0620. The van der Waals surface area contributed by atoms with Gasteiger partial charge >= 0.3 is 5.97 Å². The molecule has 0 unspecified atom stereocenters. The van der Waals surface area contributed by atoms with Crippen molar-refractivity contribution in [2.45, 2.75) is 25.3 Å². The molecule has 3 rings (SSSR count). The van der Waals surface area contributed by atoms with Crippen LogP contribution in [0.5, 0.6) is 0 Å². The van der Waals surface area contributed by atoms with Gasteiger partial charge in [-0.15, -0.1) is 0 Å². The van der Waals surface area contributed by atoms with Crippen LogP contribution in [0.3, 0.4) is 0 Å². The molecule has 4 nitrogen and oxygen atoms in total. The molecule has 94 valence electrons. The van der Waals surface area contributed by atoms with Crippen LogP contribution in [0.4, 0.5) is 0 Å². The van der Waals surface area contributed by atoms with Crippen molar-refractivity contribution < 1.29 is 14.7 Å². The van der Waals surface area contributed by atoms with Crippen LogP contribution < -0.4 is 0 Å². The van der Waals surface area contributed by atoms with Crippen molar-refractivity contribution in [3.05, 3.63) is 35.4 Å². The molecule has 1 amide bonds. The van der Waals surface area contributed by atoms with Crippen molar-refractivity contribution in [1.82, 2.24) is 4.90 Å². The third kappa shape index (κ3) is 1.88. The first-order chi connectivity index (χ1) is 8.66. The fraction of sp³-hybridized carbons (Fsp3) is 0.429. The van der Waals surface area contributed by atoms with E-state index in [2.05, 4.69) is 0 Å². The number of amides is 1. The van der Waals surface area contributed by atoms with Crippen molar-refractivity contribution >= 4 is 11.9 Å². The second-order valence-corrected chi connectivity index (χ2v) is 5.11. The summed E-state index contributed by atoms with van der Waals surface area (Å²) in [6.45, 7) is 0.587. The summed E-state index contributed by atoms with van der Waals surface area (Å²) >= 11 is 0. The number of carboxylic acids is 1. The van der Waals surface area contributed by atoms with Crippen LogP contribution in [0, 0.1) is 5.92 Å². The van der Waals surface area contributed by atoms with Crippen LogP contribution in [0.2, 0.25) is 0 Å². The van der Waals surface area contributed by atoms with E-state index in [1.54, 1.807) is 4.90 Å². The van der Waals surface area contributed by atoms with Gasteiger partial charge in [0.15, 0.2) is 6.04 Å². The molecule has 0 saturated heterocycles. The van der Waals surface area contributed by atoms with Gasteiger partial charge in [-0.3, -0.25) is 4.79 Å². The molecule has 1 aromatic carbocycles. The van der Waals surface area contributed by atoms with Gasteiger partial charge in [-0.05, 0) is 29.9 Å². The molecule has 1 aromatic rings. The van der Waals surface area contributed by atoms with Gasteiger partial charge in [0.2, 0.25) is 5.91 Å². The maximum Gasteiger partial charge on any atom is 0.331 e. The predicted molar refractivity (Wildman–Crippen MR) is 65.0 cm³/mol. The molecular weight excluding hydrogens is 230 g/mol. The highest BCUT2D eigenvalue weighted by Crippen LogP contribution is 2.36. The summed E-state index contributed by atoms with van der Waals surface area (Å²) in [5.74, 6) is -0.495. The van der Waals surface area contributed by atoms with Gasteiger partial charge in [-0.25, -0.2) is 4.79 Å². The number of aliphatic carboxylic acids is 1. The molecule has 1 atom stereocenters. The molecule has 1 N–H and O–H groups in total. The number of benzene rings is 1. The van der Waals surface area contributed by atoms with Crippen molar-refractivity contribution in [3.63, 3.8) is 0 Å². The number of nitrogens with zero attached hydrogens (tertiary/aromatic N) is 1. The minimum atomic E-state index is -0.934. The molecule has 1 aliphatic carbocycles. The molecule has 0 aromatic heterocycles. The number of carbonyl (C=O) groups excluding carboxylic acids is 1. The first kappa shape index (κ1) is 11.3. The van der Waals surface area contributed by atoms with Crippen LogP contribution in [-0.4, -0.2) is 28.4 Å². The number of fused-ring (bicyclic) bond motifs is 1. The monoisotopic (exact) mass is 245 g/mol. The van der Waals surface area contributed by atoms with Gasteiger partial charge in [-0.2, -0.15) is 0 Å². The lowest BCUT2D eigenvalue weighted by molar-refractivity contribution is -0.151. The average molecular weight is 245 g/mol. The standard InChI is InChI=1S/C14H15NO3/c16-12-7-10-3-1-2-4-11(10)13(14(17)18)15(12)8-9-5-6-9/h1-4,9,13H,5-8H2,(H,17,18)/t13-/m0/s1. The van der Waals surface area contributed by atoms with E-state index in [0.29, 0.717) is 18.9 Å². The molecular formula is C14H15NO3. The van der Waals surface area contributed by atoms with Gasteiger partial charge in [0.25, 0.3) is 0 Å². The number of carboxylic acid groups (broad SMARTS) is 1. The van der Waals surface area contributed by atoms with Crippen LogP contribution in [0.1, 0.15) is 30.0 Å². The highest BCUT2D eigenvalue weighted by molar-refractivity contribution is 5.89. The molecule has 0 spiro atoms. The maximum absolute atomic E-state index is 12.1. The zero-order valence-electron chi connectivity index (χ0n) is 10.0. The molecule has 1 saturated carbocycles. The molecule has 1 heterocycles. The molecule has 2 aliphatic rings. The molecule has 0 bridgehead atoms. The number of hydrogen-bond acceptors (Lipinski definition) is 2. The first-order valence-electron chi connectivity index (χ1n) is 6.27. The molecule has 1 fully saturated rings. The summed E-state index contributed by atoms with van der Waals surface area (Å²) in [6, 6.07) is 6.54. The highest BCUT2D eigenvalue weighted by Gasteiger charge is 2.39. The van der Waals surface area contributed by atoms with E-state index >= 15 is 0 Å². The van der Waals surface area contributed by atoms with E-state index in [4.69, 9.17) is 0 Å². The average Bonchev–Trinajstić information content (AvgIpc) is 3.13. The Morgan fingerprint density at radius 1 is 1.33 bits per heavy atom. The predicted octanol–water partition coefficient (Wildman–Crippen LogP) is 1.61. The second-order valence-electron chi connectivity index (χ2n) is 5.11. The van der Waals surface area contributed by atoms with E-state index in [1.807, 2.05) is 24.3 Å². The summed E-state index contributed by atoms with van der Waals surface area (Å²) in [7, 11) is 0. The van der Waals surface area contributed by atoms with Crippen molar-refractivity contribution in [3.8, 4) is 0 Å². The van der Waals surface area contributed by atoms with Crippen LogP contribution in [0.15, 0.2) is 24.3 Å². The molecule has 4 heteroatoms. The Morgan fingerprint density at radius 3 is 2.72 bits per heavy atom. The summed E-state index contributed by atoms with van der Waals surface area (Å²) < 4.78 is 0. The maximum atomic E-state index is 12.1. The Bertz CT molecular complexity index is 508. The highest BCUT2D eigenvalue weighted by atomic mass is 16.4. The Morgan fingerprint density at radius 2 is 2.06 bits per heavy atom. The fourth-order valence-electron chi connectivity index (χ4n) is 2.59. The fourth-order valence-corrected chi connectivity index (χ4v) is 2.59. The van der Waals surface area contributed by atoms with E-state index < -0.39 is 12.0 Å². The second kappa shape index (κ2) is 4.12. The Balaban J connectivity index is 1.99. The first-order valence-corrected chi connectivity index (χ1v) is 6.27. The third-order valence-electron chi connectivity index (χ3n) is 3.71. The molecule has 1 aliphatic heterocycles. The van der Waals surface area contributed by atoms with E-state index in [9.17, 15) is 14.7 Å². The summed E-state index contributed by atoms with van der Waals surface area (Å²) in [5, 5.41) is 9.41. The Labute approximate surface area is 105 Å². The molecule has 18 heavy (non-hydrogen) atoms. The van der Waals surface area contributed by atoms with Gasteiger partial charge < -0.3 is 10.0 Å². The van der Waals surface area contributed by atoms with Crippen LogP contribution in [-0.2, 0) is 16.0 Å². The number of carbonyl (C=O) groups is 2. The number of rotatable bonds is 3. The van der Waals surface area contributed by atoms with Gasteiger partial charge in [0.1, 0.15) is 0 Å². The van der Waals surface area contributed by atoms with E-state index in [-0.39, 0.29) is 5.91 Å². The van der Waals surface area contributed by atoms with Crippen molar-refractivity contribution in [2.24, 2.45) is 5.92 Å². The van der Waals surface area contributed by atoms with Crippen molar-refractivity contribution in [1.29, 1.82) is 0 Å². The quantitative estimate of drug-likeness (QED) is 0.880. The number of hydrogen-bond donors (Lipinski definition) is 1. The lowest BCUT2D eigenvalue weighted by Crippen LogP contribution is -2.44. The lowest BCUT2D eigenvalue weighted by Gasteiger charge is -2.34. The van der Waals surface area contributed by atoms with Crippen LogP contribution >= 0.6 is 0 Å². The van der Waals surface area contributed by atoms with Gasteiger partial charge in [-0.1, -0.05) is 24.3 Å². The van der Waals surface area contributed by atoms with Gasteiger partial charge in [0, 0.05) is 6.54 Å². The Kier molecular flexibility index (Phi) is 2.58. The largest absolute Gasteiger partial charge is 0.479 e.